The highest BCUT2D eigenvalue weighted by Gasteiger charge is 2.32. The lowest BCUT2D eigenvalue weighted by Crippen LogP contribution is -2.49. The number of carbonyl (C=O) groups excluding carboxylic acids is 1. The Labute approximate surface area is 157 Å². The molecule has 136 valence electrons. The number of halogens is 1. The molecule has 1 aromatic carbocycles. The normalized spacial score (nSPS) is 17.0. The zero-order valence-electron chi connectivity index (χ0n) is 14.3. The van der Waals surface area contributed by atoms with Gasteiger partial charge in [0.25, 0.3) is 5.91 Å². The number of aromatic nitrogens is 5. The molecule has 1 fully saturated rings. The van der Waals surface area contributed by atoms with E-state index in [1.807, 2.05) is 53.0 Å². The van der Waals surface area contributed by atoms with Crippen LogP contribution in [0.25, 0.3) is 5.69 Å². The van der Waals surface area contributed by atoms with Crippen LogP contribution >= 0.6 is 12.4 Å². The summed E-state index contributed by atoms with van der Waals surface area (Å²) in [4.78, 5) is 20.7. The van der Waals surface area contributed by atoms with E-state index < -0.39 is 0 Å². The number of imidazole rings is 1. The molecule has 1 aliphatic rings. The first-order valence-corrected chi connectivity index (χ1v) is 8.21. The molecular weight excluding hydrogens is 354 g/mol. The number of para-hydroxylation sites is 1. The lowest BCUT2D eigenvalue weighted by Gasteiger charge is -2.35. The summed E-state index contributed by atoms with van der Waals surface area (Å²) >= 11 is 0. The smallest absolute Gasteiger partial charge is 0.276 e. The molecule has 3 heterocycles. The molecule has 1 saturated heterocycles. The molecule has 1 aliphatic heterocycles. The molecule has 0 radical (unpaired) electrons. The minimum Gasteiger partial charge on any atom is -0.336 e. The third-order valence-electron chi connectivity index (χ3n) is 4.36. The summed E-state index contributed by atoms with van der Waals surface area (Å²) < 4.78 is 1.94. The van der Waals surface area contributed by atoms with Crippen LogP contribution in [-0.4, -0.2) is 55.0 Å². The number of carbonyl (C=O) groups is 1. The Kier molecular flexibility index (Phi) is 5.34. The van der Waals surface area contributed by atoms with Crippen molar-refractivity contribution in [1.29, 1.82) is 0 Å². The maximum atomic E-state index is 13.0. The van der Waals surface area contributed by atoms with Crippen molar-refractivity contribution < 1.29 is 4.79 Å². The van der Waals surface area contributed by atoms with Crippen molar-refractivity contribution in [3.05, 3.63) is 60.4 Å². The number of amides is 1. The van der Waals surface area contributed by atoms with Crippen molar-refractivity contribution in [2.75, 3.05) is 19.6 Å². The first-order valence-electron chi connectivity index (χ1n) is 8.21. The highest BCUT2D eigenvalue weighted by atomic mass is 35.5. The summed E-state index contributed by atoms with van der Waals surface area (Å²) in [5, 5.41) is 11.9. The zero-order valence-corrected chi connectivity index (χ0v) is 15.1. The third-order valence-corrected chi connectivity index (χ3v) is 4.36. The molecule has 3 aromatic rings. The van der Waals surface area contributed by atoms with Gasteiger partial charge in [0.15, 0.2) is 5.69 Å². The molecule has 4 rings (SSSR count). The fourth-order valence-corrected chi connectivity index (χ4v) is 3.07. The summed E-state index contributed by atoms with van der Waals surface area (Å²) in [6, 6.07) is 9.42. The molecule has 8 nitrogen and oxygen atoms in total. The number of rotatable bonds is 3. The maximum absolute atomic E-state index is 13.0. The van der Waals surface area contributed by atoms with Gasteiger partial charge in [-0.3, -0.25) is 4.79 Å². The summed E-state index contributed by atoms with van der Waals surface area (Å²) in [7, 11) is 1.94. The van der Waals surface area contributed by atoms with Gasteiger partial charge in [-0.2, -0.15) is 9.90 Å². The summed E-state index contributed by atoms with van der Waals surface area (Å²) in [5.74, 6) is 0.729. The number of hydrogen-bond donors (Lipinski definition) is 1. The molecule has 0 aliphatic carbocycles. The van der Waals surface area contributed by atoms with Crippen molar-refractivity contribution >= 4 is 18.3 Å². The number of benzene rings is 1. The van der Waals surface area contributed by atoms with Crippen molar-refractivity contribution in [2.24, 2.45) is 7.05 Å². The van der Waals surface area contributed by atoms with Gasteiger partial charge in [0, 0.05) is 39.1 Å². The number of hydrogen-bond acceptors (Lipinski definition) is 5. The van der Waals surface area contributed by atoms with Crippen LogP contribution in [0.15, 0.2) is 48.9 Å². The van der Waals surface area contributed by atoms with E-state index in [1.165, 1.54) is 11.0 Å². The lowest BCUT2D eigenvalue weighted by atomic mass is 10.1. The van der Waals surface area contributed by atoms with Gasteiger partial charge in [0.05, 0.1) is 11.9 Å². The number of piperazine rings is 1. The number of nitrogens with one attached hydrogen (secondary N) is 1. The van der Waals surface area contributed by atoms with Gasteiger partial charge in [-0.25, -0.2) is 4.98 Å². The Morgan fingerprint density at radius 2 is 2.08 bits per heavy atom. The second-order valence-electron chi connectivity index (χ2n) is 5.97. The predicted octanol–water partition coefficient (Wildman–Crippen LogP) is 1.21. The van der Waals surface area contributed by atoms with E-state index in [0.29, 0.717) is 18.8 Å². The minimum absolute atomic E-state index is 0. The molecule has 0 bridgehead atoms. The average molecular weight is 374 g/mol. The molecule has 1 amide bonds. The van der Waals surface area contributed by atoms with Crippen LogP contribution in [-0.2, 0) is 7.05 Å². The average Bonchev–Trinajstić information content (AvgIpc) is 3.31. The van der Waals surface area contributed by atoms with Crippen molar-refractivity contribution in [3.63, 3.8) is 0 Å². The Bertz CT molecular complexity index is 876. The van der Waals surface area contributed by atoms with Crippen LogP contribution in [0.1, 0.15) is 22.4 Å². The molecule has 9 heteroatoms. The van der Waals surface area contributed by atoms with Gasteiger partial charge in [0.1, 0.15) is 11.9 Å². The van der Waals surface area contributed by atoms with Crippen LogP contribution in [0.4, 0.5) is 0 Å². The van der Waals surface area contributed by atoms with Gasteiger partial charge in [-0.1, -0.05) is 18.2 Å². The summed E-state index contributed by atoms with van der Waals surface area (Å²) in [5.41, 5.74) is 1.16. The first kappa shape index (κ1) is 18.1. The molecule has 26 heavy (non-hydrogen) atoms. The molecule has 2 aromatic heterocycles. The van der Waals surface area contributed by atoms with Gasteiger partial charge >= 0.3 is 0 Å². The van der Waals surface area contributed by atoms with Gasteiger partial charge in [0.2, 0.25) is 0 Å². The Hall–Kier alpha value is -2.71. The second kappa shape index (κ2) is 7.67. The van der Waals surface area contributed by atoms with Crippen molar-refractivity contribution in [2.45, 2.75) is 6.04 Å². The number of nitrogens with zero attached hydrogens (tertiary/aromatic N) is 6. The van der Waals surface area contributed by atoms with E-state index in [-0.39, 0.29) is 24.4 Å². The van der Waals surface area contributed by atoms with Gasteiger partial charge in [-0.05, 0) is 12.1 Å². The van der Waals surface area contributed by atoms with Gasteiger partial charge in [-0.15, -0.1) is 17.5 Å². The van der Waals surface area contributed by atoms with E-state index in [0.717, 1.165) is 18.1 Å². The summed E-state index contributed by atoms with van der Waals surface area (Å²) in [6.07, 6.45) is 5.16. The highest BCUT2D eigenvalue weighted by Crippen LogP contribution is 2.22. The topological polar surface area (TPSA) is 80.9 Å². The van der Waals surface area contributed by atoms with Gasteiger partial charge < -0.3 is 14.8 Å². The highest BCUT2D eigenvalue weighted by molar-refractivity contribution is 5.92. The minimum atomic E-state index is -0.128. The van der Waals surface area contributed by atoms with E-state index in [9.17, 15) is 4.79 Å². The molecule has 0 spiro atoms. The lowest BCUT2D eigenvalue weighted by molar-refractivity contribution is 0.0614. The van der Waals surface area contributed by atoms with E-state index >= 15 is 0 Å². The Morgan fingerprint density at radius 3 is 2.81 bits per heavy atom. The quantitative estimate of drug-likeness (QED) is 0.746. The number of aryl methyl sites for hydroxylation is 1. The third kappa shape index (κ3) is 3.33. The predicted molar refractivity (Wildman–Crippen MR) is 98.5 cm³/mol. The largest absolute Gasteiger partial charge is 0.336 e. The fourth-order valence-electron chi connectivity index (χ4n) is 3.07. The van der Waals surface area contributed by atoms with Crippen molar-refractivity contribution in [3.8, 4) is 5.69 Å². The van der Waals surface area contributed by atoms with Crippen LogP contribution < -0.4 is 5.32 Å². The standard InChI is InChI=1S/C17H19N7O.ClH/c1-22-9-8-19-16(22)15-12-18-7-10-23(15)17(25)14-11-20-24(21-14)13-5-3-2-4-6-13;/h2-6,8-9,11,15,18H,7,10,12H2,1H3;1H. The summed E-state index contributed by atoms with van der Waals surface area (Å²) in [6.45, 7) is 2.03. The molecule has 1 unspecified atom stereocenters. The maximum Gasteiger partial charge on any atom is 0.276 e. The first-order chi connectivity index (χ1) is 12.2. The van der Waals surface area contributed by atoms with Crippen LogP contribution in [0.5, 0.6) is 0 Å². The SMILES string of the molecule is Cl.Cn1ccnc1C1CNCCN1C(=O)c1cnn(-c2ccccc2)n1. The Balaban J connectivity index is 0.00000196. The van der Waals surface area contributed by atoms with Crippen LogP contribution in [0.3, 0.4) is 0 Å². The molecule has 1 N–H and O–H groups in total. The Morgan fingerprint density at radius 1 is 1.27 bits per heavy atom. The van der Waals surface area contributed by atoms with Crippen LogP contribution in [0, 0.1) is 0 Å². The molecule has 1 atom stereocenters. The fraction of sp³-hybridized carbons (Fsp3) is 0.294. The van der Waals surface area contributed by atoms with Crippen LogP contribution in [0.2, 0.25) is 0 Å². The monoisotopic (exact) mass is 373 g/mol. The second-order valence-corrected chi connectivity index (χ2v) is 5.97. The molecule has 0 saturated carbocycles. The van der Waals surface area contributed by atoms with E-state index in [2.05, 4.69) is 20.5 Å². The van der Waals surface area contributed by atoms with E-state index in [4.69, 9.17) is 0 Å². The van der Waals surface area contributed by atoms with E-state index in [1.54, 1.807) is 6.20 Å². The zero-order chi connectivity index (χ0) is 17.2. The molecular formula is C17H20ClN7O. The van der Waals surface area contributed by atoms with Crippen molar-refractivity contribution in [1.82, 2.24) is 34.8 Å².